The summed E-state index contributed by atoms with van der Waals surface area (Å²) in [6.07, 6.45) is 1.33. The molecule has 0 spiro atoms. The predicted octanol–water partition coefficient (Wildman–Crippen LogP) is 2.39. The summed E-state index contributed by atoms with van der Waals surface area (Å²) in [6.45, 7) is 0.334. The highest BCUT2D eigenvalue weighted by atomic mass is 35.5. The smallest absolute Gasteiger partial charge is 0.339 e. The molecule has 1 aromatic heterocycles. The number of carboxylic acid groups (broad SMARTS) is 1. The first kappa shape index (κ1) is 14.2. The summed E-state index contributed by atoms with van der Waals surface area (Å²) in [7, 11) is 3.24. The standard InChI is InChI=1S/C13H14ClN3O3/c1-17-11(9(6-16-17)13(18)19)7-15-8-3-4-12(20-2)10(14)5-8/h3-6,15H,7H2,1-2H3,(H,18,19). The summed E-state index contributed by atoms with van der Waals surface area (Å²) in [5, 5.41) is 16.6. The Morgan fingerprint density at radius 1 is 1.55 bits per heavy atom. The van der Waals surface area contributed by atoms with Crippen LogP contribution in [0.2, 0.25) is 5.02 Å². The van der Waals surface area contributed by atoms with Crippen molar-refractivity contribution in [2.45, 2.75) is 6.54 Å². The largest absolute Gasteiger partial charge is 0.495 e. The van der Waals surface area contributed by atoms with Gasteiger partial charge >= 0.3 is 5.97 Å². The van der Waals surface area contributed by atoms with Crippen LogP contribution in [0.25, 0.3) is 0 Å². The lowest BCUT2D eigenvalue weighted by Gasteiger charge is -2.10. The second-order valence-corrected chi connectivity index (χ2v) is 4.54. The first-order chi connectivity index (χ1) is 9.52. The molecule has 0 bridgehead atoms. The number of hydrogen-bond donors (Lipinski definition) is 2. The van der Waals surface area contributed by atoms with Crippen LogP contribution < -0.4 is 10.1 Å². The number of aryl methyl sites for hydroxylation is 1. The van der Waals surface area contributed by atoms with E-state index >= 15 is 0 Å². The van der Waals surface area contributed by atoms with E-state index in [1.54, 1.807) is 26.3 Å². The van der Waals surface area contributed by atoms with E-state index in [0.717, 1.165) is 5.69 Å². The molecule has 0 aliphatic rings. The van der Waals surface area contributed by atoms with Gasteiger partial charge in [-0.25, -0.2) is 4.79 Å². The quantitative estimate of drug-likeness (QED) is 0.886. The highest BCUT2D eigenvalue weighted by molar-refractivity contribution is 6.32. The maximum Gasteiger partial charge on any atom is 0.339 e. The fourth-order valence-corrected chi connectivity index (χ4v) is 2.07. The Morgan fingerprint density at radius 2 is 2.30 bits per heavy atom. The predicted molar refractivity (Wildman–Crippen MR) is 75.5 cm³/mol. The zero-order valence-corrected chi connectivity index (χ0v) is 11.8. The lowest BCUT2D eigenvalue weighted by molar-refractivity contribution is 0.0695. The highest BCUT2D eigenvalue weighted by Crippen LogP contribution is 2.27. The van der Waals surface area contributed by atoms with Crippen LogP contribution in [0, 0.1) is 0 Å². The number of benzene rings is 1. The number of carboxylic acids is 1. The van der Waals surface area contributed by atoms with E-state index in [9.17, 15) is 4.79 Å². The zero-order chi connectivity index (χ0) is 14.7. The molecule has 0 fully saturated rings. The van der Waals surface area contributed by atoms with Crippen LogP contribution in [0.4, 0.5) is 5.69 Å². The Bertz CT molecular complexity index is 640. The number of carbonyl (C=O) groups is 1. The third-order valence-corrected chi connectivity index (χ3v) is 3.20. The van der Waals surface area contributed by atoms with Crippen LogP contribution in [0.1, 0.15) is 16.1 Å². The Hall–Kier alpha value is -2.21. The van der Waals surface area contributed by atoms with Crippen LogP contribution in [-0.2, 0) is 13.6 Å². The van der Waals surface area contributed by atoms with E-state index < -0.39 is 5.97 Å². The first-order valence-electron chi connectivity index (χ1n) is 5.84. The molecule has 1 aromatic carbocycles. The van der Waals surface area contributed by atoms with Gasteiger partial charge in [-0.1, -0.05) is 11.6 Å². The monoisotopic (exact) mass is 295 g/mol. The minimum atomic E-state index is -0.998. The summed E-state index contributed by atoms with van der Waals surface area (Å²) < 4.78 is 6.60. The van der Waals surface area contributed by atoms with E-state index in [1.807, 2.05) is 6.07 Å². The number of hydrogen-bond acceptors (Lipinski definition) is 4. The van der Waals surface area contributed by atoms with Crippen molar-refractivity contribution < 1.29 is 14.6 Å². The molecule has 0 atom stereocenters. The molecule has 2 rings (SSSR count). The van der Waals surface area contributed by atoms with Crippen molar-refractivity contribution in [2.75, 3.05) is 12.4 Å². The van der Waals surface area contributed by atoms with E-state index in [1.165, 1.54) is 10.9 Å². The number of aromatic carboxylic acids is 1. The van der Waals surface area contributed by atoms with E-state index in [-0.39, 0.29) is 5.56 Å². The lowest BCUT2D eigenvalue weighted by atomic mass is 10.2. The number of aromatic nitrogens is 2. The van der Waals surface area contributed by atoms with Crippen LogP contribution in [0.5, 0.6) is 5.75 Å². The van der Waals surface area contributed by atoms with Crippen molar-refractivity contribution in [2.24, 2.45) is 7.05 Å². The number of ether oxygens (including phenoxy) is 1. The van der Waals surface area contributed by atoms with Crippen LogP contribution >= 0.6 is 11.6 Å². The van der Waals surface area contributed by atoms with Crippen molar-refractivity contribution in [3.63, 3.8) is 0 Å². The fraction of sp³-hybridized carbons (Fsp3) is 0.231. The van der Waals surface area contributed by atoms with Crippen molar-refractivity contribution >= 4 is 23.3 Å². The van der Waals surface area contributed by atoms with Crippen LogP contribution in [0.15, 0.2) is 24.4 Å². The van der Waals surface area contributed by atoms with Gasteiger partial charge in [-0.15, -0.1) is 0 Å². The summed E-state index contributed by atoms with van der Waals surface area (Å²) in [5.74, 6) is -0.411. The number of nitrogens with zero attached hydrogens (tertiary/aromatic N) is 2. The van der Waals surface area contributed by atoms with Crippen LogP contribution in [-0.4, -0.2) is 28.0 Å². The second kappa shape index (κ2) is 5.83. The number of nitrogens with one attached hydrogen (secondary N) is 1. The molecule has 20 heavy (non-hydrogen) atoms. The van der Waals surface area contributed by atoms with E-state index in [4.69, 9.17) is 21.4 Å². The topological polar surface area (TPSA) is 76.4 Å². The van der Waals surface area contributed by atoms with Crippen LogP contribution in [0.3, 0.4) is 0 Å². The summed E-state index contributed by atoms with van der Waals surface area (Å²) in [6, 6.07) is 5.27. The third-order valence-electron chi connectivity index (χ3n) is 2.90. The van der Waals surface area contributed by atoms with Gasteiger partial charge in [0.05, 0.1) is 30.6 Å². The van der Waals surface area contributed by atoms with Gasteiger partial charge in [0.2, 0.25) is 0 Å². The molecule has 0 aliphatic heterocycles. The average Bonchev–Trinajstić information content (AvgIpc) is 2.78. The molecule has 0 saturated carbocycles. The maximum absolute atomic E-state index is 11.1. The number of methoxy groups -OCH3 is 1. The second-order valence-electron chi connectivity index (χ2n) is 4.14. The summed E-state index contributed by atoms with van der Waals surface area (Å²) in [4.78, 5) is 11.1. The molecule has 0 aliphatic carbocycles. The van der Waals surface area contributed by atoms with Crippen molar-refractivity contribution in [3.8, 4) is 5.75 Å². The molecule has 0 radical (unpaired) electrons. The molecule has 0 unspecified atom stereocenters. The Labute approximate surface area is 120 Å². The third kappa shape index (κ3) is 2.85. The van der Waals surface area contributed by atoms with E-state index in [2.05, 4.69) is 10.4 Å². The lowest BCUT2D eigenvalue weighted by Crippen LogP contribution is -2.10. The Morgan fingerprint density at radius 3 is 2.90 bits per heavy atom. The Balaban J connectivity index is 2.15. The van der Waals surface area contributed by atoms with E-state index in [0.29, 0.717) is 23.0 Å². The molecule has 106 valence electrons. The molecular weight excluding hydrogens is 282 g/mol. The first-order valence-corrected chi connectivity index (χ1v) is 6.22. The van der Waals surface area contributed by atoms with Gasteiger partial charge in [-0.05, 0) is 18.2 Å². The molecule has 1 heterocycles. The van der Waals surface area contributed by atoms with Crippen molar-refractivity contribution in [1.82, 2.24) is 9.78 Å². The number of rotatable bonds is 5. The average molecular weight is 296 g/mol. The Kier molecular flexibility index (Phi) is 4.14. The SMILES string of the molecule is COc1ccc(NCc2c(C(=O)O)cnn2C)cc1Cl. The molecule has 2 aromatic rings. The molecule has 7 heteroatoms. The van der Waals surface area contributed by atoms with Gasteiger partial charge in [-0.3, -0.25) is 4.68 Å². The summed E-state index contributed by atoms with van der Waals surface area (Å²) in [5.41, 5.74) is 1.54. The van der Waals surface area contributed by atoms with Crippen molar-refractivity contribution in [1.29, 1.82) is 0 Å². The minimum Gasteiger partial charge on any atom is -0.495 e. The zero-order valence-electron chi connectivity index (χ0n) is 11.1. The van der Waals surface area contributed by atoms with Gasteiger partial charge < -0.3 is 15.2 Å². The number of anilines is 1. The normalized spacial score (nSPS) is 10.3. The summed E-state index contributed by atoms with van der Waals surface area (Å²) >= 11 is 6.03. The van der Waals surface area contributed by atoms with Gasteiger partial charge in [0, 0.05) is 12.7 Å². The van der Waals surface area contributed by atoms with Gasteiger partial charge in [0.15, 0.2) is 0 Å². The van der Waals surface area contributed by atoms with Gasteiger partial charge in [0.1, 0.15) is 11.3 Å². The molecule has 0 amide bonds. The molecule has 6 nitrogen and oxygen atoms in total. The maximum atomic E-state index is 11.1. The van der Waals surface area contributed by atoms with Gasteiger partial charge in [0.25, 0.3) is 0 Å². The highest BCUT2D eigenvalue weighted by Gasteiger charge is 2.14. The van der Waals surface area contributed by atoms with Gasteiger partial charge in [-0.2, -0.15) is 5.10 Å². The number of halogens is 1. The minimum absolute atomic E-state index is 0.180. The van der Waals surface area contributed by atoms with Crippen molar-refractivity contribution in [3.05, 3.63) is 40.7 Å². The molecule has 0 saturated heterocycles. The molecule has 2 N–H and O–H groups in total. The fourth-order valence-electron chi connectivity index (χ4n) is 1.81. The molecular formula is C13H14ClN3O3.